The summed E-state index contributed by atoms with van der Waals surface area (Å²) < 4.78 is 0. The van der Waals surface area contributed by atoms with E-state index in [1.807, 2.05) is 19.1 Å². The van der Waals surface area contributed by atoms with Crippen molar-refractivity contribution in [2.24, 2.45) is 0 Å². The maximum Gasteiger partial charge on any atom is 0.115 e. The van der Waals surface area contributed by atoms with Gasteiger partial charge in [-0.25, -0.2) is 0 Å². The summed E-state index contributed by atoms with van der Waals surface area (Å²) >= 11 is 0. The van der Waals surface area contributed by atoms with Crippen molar-refractivity contribution in [3.63, 3.8) is 0 Å². The zero-order valence-electron chi connectivity index (χ0n) is 16.9. The predicted molar refractivity (Wildman–Crippen MR) is 116 cm³/mol. The molecule has 142 valence electrons. The summed E-state index contributed by atoms with van der Waals surface area (Å²) in [6.45, 7) is 10.2. The summed E-state index contributed by atoms with van der Waals surface area (Å²) in [7, 11) is 0. The van der Waals surface area contributed by atoms with Gasteiger partial charge >= 0.3 is 0 Å². The molecule has 0 spiro atoms. The Morgan fingerprint density at radius 1 is 0.630 bits per heavy atom. The number of phenolic OH excluding ortho intramolecular Hbond substituents is 1. The minimum Gasteiger partial charge on any atom is -0.508 e. The average molecular weight is 363 g/mol. The first-order chi connectivity index (χ1) is 12.7. The van der Waals surface area contributed by atoms with Gasteiger partial charge in [-0.15, -0.1) is 0 Å². The summed E-state index contributed by atoms with van der Waals surface area (Å²) in [5.74, 6) is 0.329. The number of rotatable bonds is 2. The molecule has 0 atom stereocenters. The van der Waals surface area contributed by atoms with Gasteiger partial charge in [-0.2, -0.15) is 0 Å². The van der Waals surface area contributed by atoms with E-state index in [0.29, 0.717) is 5.75 Å². The summed E-state index contributed by atoms with van der Waals surface area (Å²) in [4.78, 5) is 0. The highest BCUT2D eigenvalue weighted by molar-refractivity contribution is 5.57. The van der Waals surface area contributed by atoms with E-state index in [1.165, 1.54) is 16.7 Å². The van der Waals surface area contributed by atoms with Crippen LogP contribution in [-0.2, 0) is 6.42 Å². The van der Waals surface area contributed by atoms with Gasteiger partial charge in [-0.05, 0) is 86.6 Å². The molecule has 0 aromatic heterocycles. The molecule has 0 radical (unpaired) electrons. The highest BCUT2D eigenvalue weighted by Gasteiger charge is 2.05. The van der Waals surface area contributed by atoms with E-state index in [0.717, 1.165) is 40.0 Å². The Kier molecular flexibility index (Phi) is 6.51. The molecule has 27 heavy (non-hydrogen) atoms. The third-order valence-electron chi connectivity index (χ3n) is 4.75. The molecule has 0 aliphatic carbocycles. The normalized spacial score (nSPS) is 10.3. The lowest BCUT2D eigenvalue weighted by Gasteiger charge is -2.11. The van der Waals surface area contributed by atoms with Gasteiger partial charge in [-0.1, -0.05) is 42.0 Å². The van der Waals surface area contributed by atoms with Gasteiger partial charge < -0.3 is 16.6 Å². The fourth-order valence-electron chi connectivity index (χ4n) is 3.11. The van der Waals surface area contributed by atoms with Gasteiger partial charge in [0.2, 0.25) is 0 Å². The number of anilines is 2. The lowest BCUT2D eigenvalue weighted by Crippen LogP contribution is -1.99. The predicted octanol–water partition coefficient (Wildman–Crippen LogP) is 5.38. The number of hydrogen-bond donors (Lipinski definition) is 3. The lowest BCUT2D eigenvalue weighted by molar-refractivity contribution is 0.475. The molecule has 0 aliphatic rings. The minimum absolute atomic E-state index is 0.329. The van der Waals surface area contributed by atoms with E-state index in [9.17, 15) is 0 Å². The SMILES string of the molecule is Cc1cc(Cc2cc(C)c(N)c(C)c2)cc(C)c1N.Cc1ccc(O)cc1. The summed E-state index contributed by atoms with van der Waals surface area (Å²) in [6.07, 6.45) is 0.921. The quantitative estimate of drug-likeness (QED) is 0.536. The van der Waals surface area contributed by atoms with Crippen LogP contribution in [0.4, 0.5) is 11.4 Å². The number of nitrogen functional groups attached to an aromatic ring is 2. The van der Waals surface area contributed by atoms with E-state index in [-0.39, 0.29) is 0 Å². The first-order valence-electron chi connectivity index (χ1n) is 9.14. The second kappa shape index (κ2) is 8.63. The number of benzene rings is 3. The van der Waals surface area contributed by atoms with Gasteiger partial charge in [0.25, 0.3) is 0 Å². The topological polar surface area (TPSA) is 72.3 Å². The van der Waals surface area contributed by atoms with Crippen molar-refractivity contribution < 1.29 is 5.11 Å². The summed E-state index contributed by atoms with van der Waals surface area (Å²) in [5.41, 5.74) is 22.2. The Balaban J connectivity index is 0.000000273. The van der Waals surface area contributed by atoms with Crippen molar-refractivity contribution in [3.05, 3.63) is 87.5 Å². The number of aromatic hydroxyl groups is 1. The van der Waals surface area contributed by atoms with Crippen LogP contribution in [0.15, 0.2) is 48.5 Å². The third kappa shape index (κ3) is 5.52. The highest BCUT2D eigenvalue weighted by atomic mass is 16.3. The van der Waals surface area contributed by atoms with E-state index in [2.05, 4.69) is 52.0 Å². The van der Waals surface area contributed by atoms with Gasteiger partial charge in [0.05, 0.1) is 0 Å². The van der Waals surface area contributed by atoms with Crippen molar-refractivity contribution in [3.8, 4) is 5.75 Å². The zero-order chi connectivity index (χ0) is 20.1. The molecule has 0 amide bonds. The van der Waals surface area contributed by atoms with Crippen LogP contribution in [0.5, 0.6) is 5.75 Å². The summed E-state index contributed by atoms with van der Waals surface area (Å²) in [5, 5.41) is 8.76. The Bertz CT molecular complexity index is 805. The number of nitrogens with two attached hydrogens (primary N) is 2. The standard InChI is InChI=1S/C17H22N2.C7H8O/c1-10-5-14(6-11(2)16(10)18)9-15-7-12(3)17(19)13(4)8-15;1-6-2-4-7(8)5-3-6/h5-8H,9,18-19H2,1-4H3;2-5,8H,1H3. The summed E-state index contributed by atoms with van der Waals surface area (Å²) in [6, 6.07) is 15.8. The molecule has 3 aromatic carbocycles. The molecule has 0 saturated heterocycles. The molecule has 3 rings (SSSR count). The number of phenols is 1. The molecule has 5 N–H and O–H groups in total. The Morgan fingerprint density at radius 2 is 0.963 bits per heavy atom. The van der Waals surface area contributed by atoms with Crippen LogP contribution in [0.2, 0.25) is 0 Å². The average Bonchev–Trinajstić information content (AvgIpc) is 2.60. The van der Waals surface area contributed by atoms with Gasteiger partial charge in [0.15, 0.2) is 0 Å². The van der Waals surface area contributed by atoms with E-state index < -0.39 is 0 Å². The van der Waals surface area contributed by atoms with E-state index >= 15 is 0 Å². The zero-order valence-corrected chi connectivity index (χ0v) is 16.9. The van der Waals surface area contributed by atoms with Crippen LogP contribution in [0, 0.1) is 34.6 Å². The minimum atomic E-state index is 0.329. The smallest absolute Gasteiger partial charge is 0.115 e. The van der Waals surface area contributed by atoms with Crippen LogP contribution in [0.1, 0.15) is 38.9 Å². The van der Waals surface area contributed by atoms with Crippen molar-refractivity contribution >= 4 is 11.4 Å². The van der Waals surface area contributed by atoms with Crippen LogP contribution in [-0.4, -0.2) is 5.11 Å². The van der Waals surface area contributed by atoms with Crippen LogP contribution in [0.3, 0.4) is 0 Å². The molecule has 3 heteroatoms. The second-order valence-electron chi connectivity index (χ2n) is 7.30. The van der Waals surface area contributed by atoms with Crippen molar-refractivity contribution in [2.45, 2.75) is 41.0 Å². The molecule has 0 saturated carbocycles. The van der Waals surface area contributed by atoms with Crippen LogP contribution in [0.25, 0.3) is 0 Å². The molecular weight excluding hydrogens is 332 g/mol. The first kappa shape index (κ1) is 20.4. The Hall–Kier alpha value is -2.94. The first-order valence-corrected chi connectivity index (χ1v) is 9.14. The molecule has 0 unspecified atom stereocenters. The fraction of sp³-hybridized carbons (Fsp3) is 0.250. The second-order valence-corrected chi connectivity index (χ2v) is 7.30. The van der Waals surface area contributed by atoms with Crippen LogP contribution >= 0.6 is 0 Å². The molecule has 3 nitrogen and oxygen atoms in total. The van der Waals surface area contributed by atoms with Gasteiger partial charge in [-0.3, -0.25) is 0 Å². The molecule has 0 aliphatic heterocycles. The monoisotopic (exact) mass is 362 g/mol. The molecule has 3 aromatic rings. The maximum absolute atomic E-state index is 8.76. The Labute approximate surface area is 162 Å². The van der Waals surface area contributed by atoms with Crippen molar-refractivity contribution in [1.29, 1.82) is 0 Å². The molecule has 0 fully saturated rings. The van der Waals surface area contributed by atoms with Gasteiger partial charge in [0.1, 0.15) is 5.75 Å². The third-order valence-corrected chi connectivity index (χ3v) is 4.75. The van der Waals surface area contributed by atoms with E-state index in [4.69, 9.17) is 16.6 Å². The molecule has 0 bridgehead atoms. The largest absolute Gasteiger partial charge is 0.508 e. The number of aryl methyl sites for hydroxylation is 5. The van der Waals surface area contributed by atoms with Crippen LogP contribution < -0.4 is 11.5 Å². The Morgan fingerprint density at radius 3 is 1.26 bits per heavy atom. The van der Waals surface area contributed by atoms with Crippen molar-refractivity contribution in [2.75, 3.05) is 11.5 Å². The van der Waals surface area contributed by atoms with Gasteiger partial charge in [0, 0.05) is 11.4 Å². The lowest BCUT2D eigenvalue weighted by atomic mass is 9.96. The number of hydrogen-bond acceptors (Lipinski definition) is 3. The van der Waals surface area contributed by atoms with Crippen molar-refractivity contribution in [1.82, 2.24) is 0 Å². The maximum atomic E-state index is 8.76. The molecule has 0 heterocycles. The molecular formula is C24H30N2O. The fourth-order valence-corrected chi connectivity index (χ4v) is 3.11. The highest BCUT2D eigenvalue weighted by Crippen LogP contribution is 2.24. The van der Waals surface area contributed by atoms with E-state index in [1.54, 1.807) is 12.1 Å².